The number of carbonyl (C=O) groups is 1. The number of pyridine rings is 1. The normalized spacial score (nSPS) is 17.1. The van der Waals surface area contributed by atoms with Crippen LogP contribution in [0.25, 0.3) is 5.65 Å². The lowest BCUT2D eigenvalue weighted by Crippen LogP contribution is -2.44. The third-order valence-corrected chi connectivity index (χ3v) is 4.98. The van der Waals surface area contributed by atoms with Gasteiger partial charge in [0.25, 0.3) is 5.91 Å². The van der Waals surface area contributed by atoms with Crippen molar-refractivity contribution in [2.24, 2.45) is 0 Å². The first-order valence-electron chi connectivity index (χ1n) is 7.57. The Morgan fingerprint density at radius 1 is 1.36 bits per heavy atom. The van der Waals surface area contributed by atoms with Crippen molar-refractivity contribution in [2.45, 2.75) is 25.8 Å². The van der Waals surface area contributed by atoms with Gasteiger partial charge in [-0.15, -0.1) is 0 Å². The summed E-state index contributed by atoms with van der Waals surface area (Å²) < 4.78 is 2.82. The minimum Gasteiger partial charge on any atom is -0.337 e. The number of piperidine rings is 1. The molecule has 3 rings (SSSR count). The Morgan fingerprint density at radius 2 is 2.05 bits per heavy atom. The van der Waals surface area contributed by atoms with Gasteiger partial charge < -0.3 is 9.80 Å². The topological polar surface area (TPSA) is 40.9 Å². The van der Waals surface area contributed by atoms with Gasteiger partial charge in [0.1, 0.15) is 11.3 Å². The van der Waals surface area contributed by atoms with E-state index in [0.717, 1.165) is 41.7 Å². The molecule has 22 heavy (non-hydrogen) atoms. The van der Waals surface area contributed by atoms with E-state index < -0.39 is 0 Å². The highest BCUT2D eigenvalue weighted by Gasteiger charge is 2.27. The van der Waals surface area contributed by atoms with Crippen molar-refractivity contribution in [1.29, 1.82) is 0 Å². The van der Waals surface area contributed by atoms with Gasteiger partial charge in [0.05, 0.1) is 5.69 Å². The number of likely N-dealkylation sites (tertiary alicyclic amines) is 1. The predicted octanol–water partition coefficient (Wildman–Crippen LogP) is 2.57. The number of amides is 1. The Balaban J connectivity index is 1.91. The molecule has 2 aromatic heterocycles. The molecular formula is C16H21BrN4O. The van der Waals surface area contributed by atoms with Crippen molar-refractivity contribution in [1.82, 2.24) is 19.2 Å². The second-order valence-electron chi connectivity index (χ2n) is 6.07. The molecule has 0 aliphatic carbocycles. The summed E-state index contributed by atoms with van der Waals surface area (Å²) >= 11 is 3.47. The number of nitrogens with zero attached hydrogens (tertiary/aromatic N) is 4. The summed E-state index contributed by atoms with van der Waals surface area (Å²) in [6, 6.07) is 4.17. The van der Waals surface area contributed by atoms with E-state index in [2.05, 4.69) is 32.9 Å². The molecule has 1 saturated heterocycles. The average molecular weight is 365 g/mol. The van der Waals surface area contributed by atoms with Gasteiger partial charge in [-0.25, -0.2) is 4.98 Å². The standard InChI is InChI=1S/C16H21BrN4O/c1-11-15(21-10-12(17)4-5-14(21)18-11)16(22)20(3)13-6-8-19(2)9-7-13/h4-5,10,13H,6-9H2,1-3H3. The average Bonchev–Trinajstić information content (AvgIpc) is 2.82. The molecular weight excluding hydrogens is 344 g/mol. The number of hydrogen-bond acceptors (Lipinski definition) is 3. The maximum Gasteiger partial charge on any atom is 0.272 e. The highest BCUT2D eigenvalue weighted by Crippen LogP contribution is 2.21. The summed E-state index contributed by atoms with van der Waals surface area (Å²) in [6.45, 7) is 3.98. The third-order valence-electron chi connectivity index (χ3n) is 4.52. The highest BCUT2D eigenvalue weighted by atomic mass is 79.9. The van der Waals surface area contributed by atoms with Crippen molar-refractivity contribution >= 4 is 27.5 Å². The predicted molar refractivity (Wildman–Crippen MR) is 90.2 cm³/mol. The summed E-state index contributed by atoms with van der Waals surface area (Å²) in [7, 11) is 4.04. The summed E-state index contributed by atoms with van der Waals surface area (Å²) in [5.41, 5.74) is 2.25. The third kappa shape index (κ3) is 2.77. The van der Waals surface area contributed by atoms with Crippen LogP contribution < -0.4 is 0 Å². The molecule has 0 spiro atoms. The monoisotopic (exact) mass is 364 g/mol. The lowest BCUT2D eigenvalue weighted by Gasteiger charge is -2.35. The van der Waals surface area contributed by atoms with Crippen LogP contribution in [0.5, 0.6) is 0 Å². The molecule has 1 amide bonds. The Labute approximate surface area is 139 Å². The van der Waals surface area contributed by atoms with Gasteiger partial charge >= 0.3 is 0 Å². The number of fused-ring (bicyclic) bond motifs is 1. The fraction of sp³-hybridized carbons (Fsp3) is 0.500. The maximum absolute atomic E-state index is 13.0. The van der Waals surface area contributed by atoms with Gasteiger partial charge in [0.15, 0.2) is 0 Å². The fourth-order valence-electron chi connectivity index (χ4n) is 3.11. The van der Waals surface area contributed by atoms with Crippen molar-refractivity contribution in [3.8, 4) is 0 Å². The van der Waals surface area contributed by atoms with Crippen LogP contribution in [-0.4, -0.2) is 58.3 Å². The van der Waals surface area contributed by atoms with E-state index in [1.54, 1.807) is 0 Å². The minimum absolute atomic E-state index is 0.0534. The Morgan fingerprint density at radius 3 is 2.73 bits per heavy atom. The molecule has 118 valence electrons. The zero-order chi connectivity index (χ0) is 15.9. The second kappa shape index (κ2) is 6.01. The number of halogens is 1. The molecule has 2 aromatic rings. The summed E-state index contributed by atoms with van der Waals surface area (Å²) in [6.07, 6.45) is 3.96. The van der Waals surface area contributed by atoms with Gasteiger partial charge in [-0.3, -0.25) is 9.20 Å². The minimum atomic E-state index is 0.0534. The summed E-state index contributed by atoms with van der Waals surface area (Å²) in [4.78, 5) is 21.7. The van der Waals surface area contributed by atoms with Crippen molar-refractivity contribution in [3.63, 3.8) is 0 Å². The lowest BCUT2D eigenvalue weighted by atomic mass is 10.0. The van der Waals surface area contributed by atoms with Crippen LogP contribution in [0.4, 0.5) is 0 Å². The van der Waals surface area contributed by atoms with E-state index >= 15 is 0 Å². The molecule has 0 radical (unpaired) electrons. The number of rotatable bonds is 2. The van der Waals surface area contributed by atoms with Crippen molar-refractivity contribution in [3.05, 3.63) is 34.2 Å². The number of imidazole rings is 1. The Hall–Kier alpha value is -1.40. The molecule has 3 heterocycles. The summed E-state index contributed by atoms with van der Waals surface area (Å²) in [5.74, 6) is 0.0534. The van der Waals surface area contributed by atoms with E-state index in [1.165, 1.54) is 0 Å². The van der Waals surface area contributed by atoms with Crippen LogP contribution in [0.15, 0.2) is 22.8 Å². The molecule has 1 fully saturated rings. The number of aryl methyl sites for hydroxylation is 1. The van der Waals surface area contributed by atoms with Crippen LogP contribution in [-0.2, 0) is 0 Å². The molecule has 0 bridgehead atoms. The summed E-state index contributed by atoms with van der Waals surface area (Å²) in [5, 5.41) is 0. The Bertz CT molecular complexity index is 703. The van der Waals surface area contributed by atoms with Gasteiger partial charge in [-0.05, 0) is 68.0 Å². The molecule has 0 atom stereocenters. The van der Waals surface area contributed by atoms with Gasteiger partial charge in [0.2, 0.25) is 0 Å². The molecule has 6 heteroatoms. The van der Waals surface area contributed by atoms with Gasteiger partial charge in [-0.1, -0.05) is 0 Å². The van der Waals surface area contributed by atoms with Crippen molar-refractivity contribution < 1.29 is 4.79 Å². The zero-order valence-corrected chi connectivity index (χ0v) is 14.8. The highest BCUT2D eigenvalue weighted by molar-refractivity contribution is 9.10. The molecule has 1 aliphatic heterocycles. The van der Waals surface area contributed by atoms with Crippen LogP contribution in [0.1, 0.15) is 29.0 Å². The molecule has 0 unspecified atom stereocenters. The van der Waals surface area contributed by atoms with Crippen LogP contribution in [0.2, 0.25) is 0 Å². The zero-order valence-electron chi connectivity index (χ0n) is 13.2. The van der Waals surface area contributed by atoms with Gasteiger partial charge in [-0.2, -0.15) is 0 Å². The van der Waals surface area contributed by atoms with E-state index in [0.29, 0.717) is 11.7 Å². The molecule has 1 aliphatic rings. The maximum atomic E-state index is 13.0. The molecule has 0 saturated carbocycles. The van der Waals surface area contributed by atoms with Crippen LogP contribution in [0.3, 0.4) is 0 Å². The van der Waals surface area contributed by atoms with Gasteiger partial charge in [0, 0.05) is 23.8 Å². The number of hydrogen-bond donors (Lipinski definition) is 0. The molecule has 0 N–H and O–H groups in total. The quantitative estimate of drug-likeness (QED) is 0.822. The molecule has 0 aromatic carbocycles. The largest absolute Gasteiger partial charge is 0.337 e. The number of carbonyl (C=O) groups excluding carboxylic acids is 1. The van der Waals surface area contributed by atoms with E-state index in [9.17, 15) is 4.79 Å². The van der Waals surface area contributed by atoms with Crippen LogP contribution >= 0.6 is 15.9 Å². The van der Waals surface area contributed by atoms with E-state index in [4.69, 9.17) is 0 Å². The van der Waals surface area contributed by atoms with E-state index in [-0.39, 0.29) is 5.91 Å². The lowest BCUT2D eigenvalue weighted by molar-refractivity contribution is 0.0652. The first kappa shape index (κ1) is 15.5. The Kier molecular flexibility index (Phi) is 4.23. The van der Waals surface area contributed by atoms with Crippen molar-refractivity contribution in [2.75, 3.05) is 27.2 Å². The number of aromatic nitrogens is 2. The fourth-order valence-corrected chi connectivity index (χ4v) is 3.45. The van der Waals surface area contributed by atoms with Crippen LogP contribution in [0, 0.1) is 6.92 Å². The molecule has 5 nitrogen and oxygen atoms in total. The first-order valence-corrected chi connectivity index (χ1v) is 8.36. The first-order chi connectivity index (χ1) is 10.5. The van der Waals surface area contributed by atoms with E-state index in [1.807, 2.05) is 41.6 Å². The second-order valence-corrected chi connectivity index (χ2v) is 6.99. The SMILES string of the molecule is Cc1nc2ccc(Br)cn2c1C(=O)N(C)C1CCN(C)CC1. The smallest absolute Gasteiger partial charge is 0.272 e.